The van der Waals surface area contributed by atoms with Gasteiger partial charge in [0.2, 0.25) is 0 Å². The number of nitrogens with zero attached hydrogens (tertiary/aromatic N) is 3. The fraction of sp³-hybridized carbons (Fsp3) is 0.286. The molecule has 0 radical (unpaired) electrons. The Morgan fingerprint density at radius 3 is 2.43 bits per heavy atom. The van der Waals surface area contributed by atoms with Crippen LogP contribution < -0.4 is 15.0 Å². The van der Waals surface area contributed by atoms with Crippen LogP contribution in [-0.4, -0.2) is 36.1 Å². The molecule has 1 aliphatic rings. The molecule has 0 saturated carbocycles. The van der Waals surface area contributed by atoms with Gasteiger partial charge >= 0.3 is 6.01 Å². The molecule has 0 aliphatic carbocycles. The molecule has 0 amide bonds. The van der Waals surface area contributed by atoms with Crippen LogP contribution >= 0.6 is 24.8 Å². The molecule has 1 saturated heterocycles. The molecule has 7 heteroatoms. The SMILES string of the molecule is Cl.Cl.c1ccc(Oc2nccc(N3CCNCC3)n2)cc1. The smallest absolute Gasteiger partial charge is 0.323 e. The molecule has 2 heterocycles. The van der Waals surface area contributed by atoms with E-state index in [0.29, 0.717) is 6.01 Å². The molecular weight excluding hydrogens is 311 g/mol. The molecule has 0 unspecified atom stereocenters. The number of ether oxygens (including phenoxy) is 1. The first kappa shape index (κ1) is 17.5. The highest BCUT2D eigenvalue weighted by molar-refractivity contribution is 5.85. The summed E-state index contributed by atoms with van der Waals surface area (Å²) in [6, 6.07) is 11.9. The van der Waals surface area contributed by atoms with Crippen LogP contribution in [0.3, 0.4) is 0 Å². The Bertz CT molecular complexity index is 536. The second-order valence-corrected chi connectivity index (χ2v) is 4.35. The number of rotatable bonds is 3. The van der Waals surface area contributed by atoms with E-state index in [4.69, 9.17) is 4.74 Å². The van der Waals surface area contributed by atoms with Crippen LogP contribution in [0.4, 0.5) is 5.82 Å². The van der Waals surface area contributed by atoms with Crippen molar-refractivity contribution < 1.29 is 4.74 Å². The second kappa shape index (κ2) is 8.67. The Morgan fingerprint density at radius 1 is 1.00 bits per heavy atom. The number of anilines is 1. The maximum Gasteiger partial charge on any atom is 0.323 e. The fourth-order valence-corrected chi connectivity index (χ4v) is 2.04. The lowest BCUT2D eigenvalue weighted by molar-refractivity contribution is 0.440. The first-order chi connectivity index (χ1) is 9.42. The zero-order valence-electron chi connectivity index (χ0n) is 11.4. The van der Waals surface area contributed by atoms with E-state index in [2.05, 4.69) is 20.2 Å². The molecule has 1 aliphatic heterocycles. The zero-order valence-corrected chi connectivity index (χ0v) is 13.1. The quantitative estimate of drug-likeness (QED) is 0.938. The summed E-state index contributed by atoms with van der Waals surface area (Å²) in [5, 5.41) is 3.32. The van der Waals surface area contributed by atoms with Crippen molar-refractivity contribution in [1.29, 1.82) is 0 Å². The molecule has 1 fully saturated rings. The highest BCUT2D eigenvalue weighted by Gasteiger charge is 2.12. The van der Waals surface area contributed by atoms with Crippen molar-refractivity contribution in [2.45, 2.75) is 0 Å². The van der Waals surface area contributed by atoms with Crippen LogP contribution in [0.1, 0.15) is 0 Å². The van der Waals surface area contributed by atoms with E-state index >= 15 is 0 Å². The zero-order chi connectivity index (χ0) is 12.9. The lowest BCUT2D eigenvalue weighted by Gasteiger charge is -2.28. The van der Waals surface area contributed by atoms with Crippen LogP contribution in [0, 0.1) is 0 Å². The molecule has 1 N–H and O–H groups in total. The summed E-state index contributed by atoms with van der Waals surface area (Å²) in [5.41, 5.74) is 0. The summed E-state index contributed by atoms with van der Waals surface area (Å²) in [4.78, 5) is 10.8. The normalized spacial score (nSPS) is 13.8. The van der Waals surface area contributed by atoms with E-state index in [1.165, 1.54) is 0 Å². The molecule has 3 rings (SSSR count). The Balaban J connectivity index is 0.00000110. The molecule has 5 nitrogen and oxygen atoms in total. The lowest BCUT2D eigenvalue weighted by atomic mass is 10.3. The number of hydrogen-bond donors (Lipinski definition) is 1. The van der Waals surface area contributed by atoms with E-state index in [9.17, 15) is 0 Å². The van der Waals surface area contributed by atoms with Gasteiger partial charge in [-0.15, -0.1) is 24.8 Å². The predicted octanol–water partition coefficient (Wildman–Crippen LogP) is 2.52. The lowest BCUT2D eigenvalue weighted by Crippen LogP contribution is -2.43. The Labute approximate surface area is 136 Å². The maximum absolute atomic E-state index is 5.65. The Morgan fingerprint density at radius 2 is 1.71 bits per heavy atom. The highest BCUT2D eigenvalue weighted by atomic mass is 35.5. The number of para-hydroxylation sites is 1. The minimum Gasteiger partial charge on any atom is -0.424 e. The predicted molar refractivity (Wildman–Crippen MR) is 88.1 cm³/mol. The summed E-state index contributed by atoms with van der Waals surface area (Å²) >= 11 is 0. The van der Waals surface area contributed by atoms with Gasteiger partial charge in [-0.2, -0.15) is 4.98 Å². The van der Waals surface area contributed by atoms with Gasteiger partial charge in [0.15, 0.2) is 0 Å². The largest absolute Gasteiger partial charge is 0.424 e. The van der Waals surface area contributed by atoms with Gasteiger partial charge in [0.05, 0.1) is 0 Å². The molecule has 0 bridgehead atoms. The molecule has 1 aromatic carbocycles. The van der Waals surface area contributed by atoms with Gasteiger partial charge in [-0.1, -0.05) is 18.2 Å². The van der Waals surface area contributed by atoms with E-state index < -0.39 is 0 Å². The fourth-order valence-electron chi connectivity index (χ4n) is 2.04. The standard InChI is InChI=1S/C14H16N4O.2ClH/c1-2-4-12(5-3-1)19-14-16-7-6-13(17-14)18-10-8-15-9-11-18;;/h1-7,15H,8-11H2;2*1H. The highest BCUT2D eigenvalue weighted by Crippen LogP contribution is 2.19. The first-order valence-electron chi connectivity index (χ1n) is 6.43. The Kier molecular flexibility index (Phi) is 7.22. The minimum absolute atomic E-state index is 0. The van der Waals surface area contributed by atoms with Gasteiger partial charge in [0.25, 0.3) is 0 Å². The van der Waals surface area contributed by atoms with E-state index in [1.54, 1.807) is 6.20 Å². The molecule has 2 aromatic rings. The van der Waals surface area contributed by atoms with Crippen LogP contribution in [0.15, 0.2) is 42.6 Å². The van der Waals surface area contributed by atoms with Gasteiger partial charge in [-0.25, -0.2) is 4.98 Å². The average molecular weight is 329 g/mol. The minimum atomic E-state index is 0. The van der Waals surface area contributed by atoms with Crippen molar-refractivity contribution in [3.8, 4) is 11.8 Å². The number of hydrogen-bond acceptors (Lipinski definition) is 5. The molecule has 0 spiro atoms. The van der Waals surface area contributed by atoms with Crippen LogP contribution in [-0.2, 0) is 0 Å². The summed E-state index contributed by atoms with van der Waals surface area (Å²) < 4.78 is 5.65. The molecular formula is C14H18Cl2N4O. The number of benzene rings is 1. The molecule has 1 aromatic heterocycles. The van der Waals surface area contributed by atoms with Crippen LogP contribution in [0.2, 0.25) is 0 Å². The summed E-state index contributed by atoms with van der Waals surface area (Å²) in [5.74, 6) is 1.67. The number of aromatic nitrogens is 2. The molecule has 21 heavy (non-hydrogen) atoms. The van der Waals surface area contributed by atoms with Crippen molar-refractivity contribution in [2.75, 3.05) is 31.1 Å². The summed E-state index contributed by atoms with van der Waals surface area (Å²) in [7, 11) is 0. The Hall–Kier alpha value is -1.56. The third-order valence-electron chi connectivity index (χ3n) is 3.01. The van der Waals surface area contributed by atoms with Crippen LogP contribution in [0.5, 0.6) is 11.8 Å². The van der Waals surface area contributed by atoms with Crippen molar-refractivity contribution in [3.63, 3.8) is 0 Å². The second-order valence-electron chi connectivity index (χ2n) is 4.35. The first-order valence-corrected chi connectivity index (χ1v) is 6.43. The third kappa shape index (κ3) is 4.74. The van der Waals surface area contributed by atoms with Crippen LogP contribution in [0.25, 0.3) is 0 Å². The van der Waals surface area contributed by atoms with Gasteiger partial charge < -0.3 is 15.0 Å². The number of halogens is 2. The number of nitrogens with one attached hydrogen (secondary N) is 1. The van der Waals surface area contributed by atoms with Gasteiger partial charge in [-0.3, -0.25) is 0 Å². The summed E-state index contributed by atoms with van der Waals surface area (Å²) in [6.45, 7) is 3.89. The van der Waals surface area contributed by atoms with E-state index in [0.717, 1.165) is 37.7 Å². The maximum atomic E-state index is 5.65. The van der Waals surface area contributed by atoms with Crippen molar-refractivity contribution in [3.05, 3.63) is 42.6 Å². The third-order valence-corrected chi connectivity index (χ3v) is 3.01. The van der Waals surface area contributed by atoms with Gasteiger partial charge in [-0.05, 0) is 18.2 Å². The van der Waals surface area contributed by atoms with Gasteiger partial charge in [0, 0.05) is 32.4 Å². The molecule has 114 valence electrons. The van der Waals surface area contributed by atoms with Crippen molar-refractivity contribution in [2.24, 2.45) is 0 Å². The van der Waals surface area contributed by atoms with Crippen molar-refractivity contribution >= 4 is 30.6 Å². The van der Waals surface area contributed by atoms with Crippen molar-refractivity contribution in [1.82, 2.24) is 15.3 Å². The molecule has 0 atom stereocenters. The topological polar surface area (TPSA) is 50.3 Å². The van der Waals surface area contributed by atoms with E-state index in [-0.39, 0.29) is 24.8 Å². The summed E-state index contributed by atoms with van der Waals surface area (Å²) in [6.07, 6.45) is 1.74. The van der Waals surface area contributed by atoms with E-state index in [1.807, 2.05) is 36.4 Å². The van der Waals surface area contributed by atoms with Gasteiger partial charge in [0.1, 0.15) is 11.6 Å². The number of piperazine rings is 1. The average Bonchev–Trinajstić information content (AvgIpc) is 2.49. The monoisotopic (exact) mass is 328 g/mol.